The smallest absolute Gasteiger partial charge is 0.246 e. The molecular weight excluding hydrogens is 506 g/mol. The number of benzene rings is 1. The van der Waals surface area contributed by atoms with Crippen molar-refractivity contribution in [2.24, 2.45) is 23.7 Å². The summed E-state index contributed by atoms with van der Waals surface area (Å²) in [6.07, 6.45) is 8.06. The minimum absolute atomic E-state index is 0.0573. The number of anilines is 1. The van der Waals surface area contributed by atoms with Crippen LogP contribution in [-0.4, -0.2) is 65.7 Å². The molecule has 0 aromatic heterocycles. The van der Waals surface area contributed by atoms with Gasteiger partial charge in [0.1, 0.15) is 11.6 Å². The molecule has 8 nitrogen and oxygen atoms in total. The Bertz CT molecular complexity index is 1180. The summed E-state index contributed by atoms with van der Waals surface area (Å²) in [5.74, 6) is -0.815. The maximum Gasteiger partial charge on any atom is 0.246 e. The minimum atomic E-state index is -1.16. The number of rotatable bonds is 7. The van der Waals surface area contributed by atoms with Crippen molar-refractivity contribution in [3.05, 3.63) is 42.0 Å². The zero-order valence-electron chi connectivity index (χ0n) is 24.1. The molecule has 4 heterocycles. The van der Waals surface area contributed by atoms with E-state index in [1.165, 1.54) is 5.56 Å². The molecule has 1 aromatic carbocycles. The molecule has 2 N–H and O–H groups in total. The fraction of sp³-hybridized carbons (Fsp3) is 0.656. The predicted molar refractivity (Wildman–Crippen MR) is 151 cm³/mol. The number of nitrogens with zero attached hydrogens (tertiary/aromatic N) is 1. The number of fused-ring (bicyclic) bond motifs is 1. The SMILES string of the molecule is CC(C)c1ccc(NC(=O)[C@H]2[C@H]3C=C[C@@]4(O3)[C@H]2C(=O)N(C[C@@H]2CCCO2)[C@@H]4C(=O)N[C@@H]2CCC[C@H](C)[C@@H]2C)cc1. The van der Waals surface area contributed by atoms with E-state index in [4.69, 9.17) is 9.47 Å². The third kappa shape index (κ3) is 4.57. The Balaban J connectivity index is 1.27. The van der Waals surface area contributed by atoms with Gasteiger partial charge in [0.15, 0.2) is 0 Å². The first kappa shape index (κ1) is 27.5. The highest BCUT2D eigenvalue weighted by molar-refractivity contribution is 6.02. The highest BCUT2D eigenvalue weighted by Crippen LogP contribution is 2.55. The molecule has 8 heteroatoms. The van der Waals surface area contributed by atoms with Crippen LogP contribution in [0.3, 0.4) is 0 Å². The lowest BCUT2D eigenvalue weighted by molar-refractivity contribution is -0.143. The van der Waals surface area contributed by atoms with Gasteiger partial charge in [-0.05, 0) is 54.7 Å². The first-order valence-electron chi connectivity index (χ1n) is 15.2. The highest BCUT2D eigenvalue weighted by atomic mass is 16.5. The van der Waals surface area contributed by atoms with Crippen LogP contribution in [0, 0.1) is 23.7 Å². The van der Waals surface area contributed by atoms with Gasteiger partial charge >= 0.3 is 0 Å². The number of hydrogen-bond donors (Lipinski definition) is 2. The number of nitrogens with one attached hydrogen (secondary N) is 2. The first-order chi connectivity index (χ1) is 19.2. The molecule has 4 fully saturated rings. The molecule has 2 bridgehead atoms. The number of carbonyl (C=O) groups is 3. The average molecular weight is 550 g/mol. The molecule has 3 amide bonds. The van der Waals surface area contributed by atoms with Gasteiger partial charge in [-0.3, -0.25) is 14.4 Å². The lowest BCUT2D eigenvalue weighted by atomic mass is 9.73. The quantitative estimate of drug-likeness (QED) is 0.501. The largest absolute Gasteiger partial charge is 0.376 e. The van der Waals surface area contributed by atoms with Crippen LogP contribution in [0.1, 0.15) is 71.3 Å². The Kier molecular flexibility index (Phi) is 7.28. The number of ether oxygens (including phenoxy) is 2. The van der Waals surface area contributed by atoms with Crippen LogP contribution in [0.5, 0.6) is 0 Å². The Labute approximate surface area is 237 Å². The molecule has 216 valence electrons. The van der Waals surface area contributed by atoms with Crippen LogP contribution in [-0.2, 0) is 23.9 Å². The number of amides is 3. The van der Waals surface area contributed by atoms with Crippen molar-refractivity contribution in [1.82, 2.24) is 10.2 Å². The van der Waals surface area contributed by atoms with E-state index in [-0.39, 0.29) is 29.9 Å². The van der Waals surface area contributed by atoms with Gasteiger partial charge in [0.2, 0.25) is 17.7 Å². The zero-order valence-corrected chi connectivity index (χ0v) is 24.1. The molecule has 1 saturated carbocycles. The maximum atomic E-state index is 14.2. The summed E-state index contributed by atoms with van der Waals surface area (Å²) >= 11 is 0. The molecule has 5 aliphatic rings. The normalized spacial score (nSPS) is 38.2. The first-order valence-corrected chi connectivity index (χ1v) is 15.2. The molecule has 3 saturated heterocycles. The lowest BCUT2D eigenvalue weighted by Gasteiger charge is -2.38. The standard InChI is InChI=1S/C32H43N3O5/c1-18(2)21-10-12-22(13-11-21)33-29(36)26-25-14-15-32(40-25)27(26)31(38)35(17-23-8-6-16-39-23)28(32)30(37)34-24-9-5-7-19(3)20(24)4/h10-15,18-20,23-28H,5-9,16-17H2,1-4H3,(H,33,36)(H,34,37)/t19-,20-,23-,24+,25+,26-,27+,28+,32+/m0/s1. The monoisotopic (exact) mass is 549 g/mol. The van der Waals surface area contributed by atoms with Crippen LogP contribution in [0.15, 0.2) is 36.4 Å². The van der Waals surface area contributed by atoms with Crippen molar-refractivity contribution in [3.63, 3.8) is 0 Å². The van der Waals surface area contributed by atoms with Crippen molar-refractivity contribution in [2.45, 2.75) is 95.6 Å². The second-order valence-corrected chi connectivity index (χ2v) is 13.0. The minimum Gasteiger partial charge on any atom is -0.376 e. The van der Waals surface area contributed by atoms with Gasteiger partial charge in [-0.15, -0.1) is 0 Å². The summed E-state index contributed by atoms with van der Waals surface area (Å²) in [6, 6.07) is 7.04. The van der Waals surface area contributed by atoms with E-state index in [2.05, 4.69) is 38.3 Å². The molecule has 0 unspecified atom stereocenters. The third-order valence-electron chi connectivity index (χ3n) is 10.2. The fourth-order valence-corrected chi connectivity index (χ4v) is 7.70. The fourth-order valence-electron chi connectivity index (χ4n) is 7.70. The van der Waals surface area contributed by atoms with Gasteiger partial charge < -0.3 is 25.0 Å². The number of hydrogen-bond acceptors (Lipinski definition) is 5. The van der Waals surface area contributed by atoms with E-state index in [9.17, 15) is 14.4 Å². The molecule has 4 aliphatic heterocycles. The molecule has 40 heavy (non-hydrogen) atoms. The van der Waals surface area contributed by atoms with Gasteiger partial charge in [-0.2, -0.15) is 0 Å². The van der Waals surface area contributed by atoms with E-state index >= 15 is 0 Å². The Morgan fingerprint density at radius 2 is 1.85 bits per heavy atom. The summed E-state index contributed by atoms with van der Waals surface area (Å²) < 4.78 is 12.4. The van der Waals surface area contributed by atoms with Crippen LogP contribution < -0.4 is 10.6 Å². The summed E-state index contributed by atoms with van der Waals surface area (Å²) in [6.45, 7) is 9.69. The van der Waals surface area contributed by atoms with E-state index in [0.29, 0.717) is 36.6 Å². The molecule has 1 aromatic rings. The summed E-state index contributed by atoms with van der Waals surface area (Å²) in [7, 11) is 0. The van der Waals surface area contributed by atoms with Crippen molar-refractivity contribution >= 4 is 23.4 Å². The molecule has 1 aliphatic carbocycles. The van der Waals surface area contributed by atoms with Crippen molar-refractivity contribution in [1.29, 1.82) is 0 Å². The molecule has 1 spiro atoms. The third-order valence-corrected chi connectivity index (χ3v) is 10.2. The zero-order chi connectivity index (χ0) is 28.2. The Hall–Kier alpha value is -2.71. The van der Waals surface area contributed by atoms with Gasteiger partial charge in [0.05, 0.1) is 24.0 Å². The van der Waals surface area contributed by atoms with Gasteiger partial charge in [0, 0.05) is 24.9 Å². The Morgan fingerprint density at radius 1 is 1.07 bits per heavy atom. The summed E-state index contributed by atoms with van der Waals surface area (Å²) in [4.78, 5) is 43.7. The molecular formula is C32H43N3O5. The highest BCUT2D eigenvalue weighted by Gasteiger charge is 2.73. The predicted octanol–water partition coefficient (Wildman–Crippen LogP) is 4.02. The summed E-state index contributed by atoms with van der Waals surface area (Å²) in [5, 5.41) is 6.34. The van der Waals surface area contributed by atoms with Crippen molar-refractivity contribution < 1.29 is 23.9 Å². The van der Waals surface area contributed by atoms with E-state index in [1.807, 2.05) is 36.4 Å². The molecule has 9 atom stereocenters. The van der Waals surface area contributed by atoms with Crippen molar-refractivity contribution in [2.75, 3.05) is 18.5 Å². The number of likely N-dealkylation sites (tertiary alicyclic amines) is 1. The molecule has 0 radical (unpaired) electrons. The van der Waals surface area contributed by atoms with E-state index in [1.54, 1.807) is 4.90 Å². The van der Waals surface area contributed by atoms with Crippen molar-refractivity contribution in [3.8, 4) is 0 Å². The Morgan fingerprint density at radius 3 is 2.55 bits per heavy atom. The van der Waals surface area contributed by atoms with Gasteiger partial charge in [-0.25, -0.2) is 0 Å². The second kappa shape index (κ2) is 10.6. The maximum absolute atomic E-state index is 14.2. The van der Waals surface area contributed by atoms with Crippen LogP contribution in [0.4, 0.5) is 5.69 Å². The van der Waals surface area contributed by atoms with Gasteiger partial charge in [-0.1, -0.05) is 64.8 Å². The van der Waals surface area contributed by atoms with Crippen LogP contribution >= 0.6 is 0 Å². The molecule has 6 rings (SSSR count). The van der Waals surface area contributed by atoms with E-state index in [0.717, 1.165) is 32.1 Å². The van der Waals surface area contributed by atoms with Crippen LogP contribution in [0.25, 0.3) is 0 Å². The lowest BCUT2D eigenvalue weighted by Crippen LogP contribution is -2.58. The average Bonchev–Trinajstić information content (AvgIpc) is 3.70. The topological polar surface area (TPSA) is 97.0 Å². The second-order valence-electron chi connectivity index (χ2n) is 13.0. The van der Waals surface area contributed by atoms with Crippen LogP contribution in [0.2, 0.25) is 0 Å². The summed E-state index contributed by atoms with van der Waals surface area (Å²) in [5.41, 5.74) is 0.721. The van der Waals surface area contributed by atoms with E-state index < -0.39 is 29.6 Å². The van der Waals surface area contributed by atoms with Gasteiger partial charge in [0.25, 0.3) is 0 Å². The number of carbonyl (C=O) groups excluding carboxylic acids is 3.